The van der Waals surface area contributed by atoms with Gasteiger partial charge in [-0.2, -0.15) is 0 Å². The van der Waals surface area contributed by atoms with Gasteiger partial charge < -0.3 is 8.92 Å². The average molecular weight is 189 g/mol. The highest BCUT2D eigenvalue weighted by Gasteiger charge is 2.23. The Morgan fingerprint density at radius 2 is 2.00 bits per heavy atom. The van der Waals surface area contributed by atoms with Crippen LogP contribution in [0.3, 0.4) is 0 Å². The van der Waals surface area contributed by atoms with Crippen LogP contribution in [-0.4, -0.2) is 43.2 Å². The molecule has 0 spiro atoms. The molecule has 2 aliphatic rings. The van der Waals surface area contributed by atoms with Crippen molar-refractivity contribution in [3.05, 3.63) is 0 Å². The van der Waals surface area contributed by atoms with Crippen LogP contribution in [0.4, 0.5) is 0 Å². The predicted molar refractivity (Wildman–Crippen MR) is 49.0 cm³/mol. The molecule has 1 unspecified atom stereocenters. The van der Waals surface area contributed by atoms with Crippen LogP contribution in [0.25, 0.3) is 0 Å². The lowest BCUT2D eigenvalue weighted by Gasteiger charge is -2.35. The van der Waals surface area contributed by atoms with E-state index in [1.54, 1.807) is 12.0 Å². The Kier molecular flexibility index (Phi) is 3.28. The zero-order valence-corrected chi connectivity index (χ0v) is 8.02. The molecule has 0 aromatic heterocycles. The van der Waals surface area contributed by atoms with E-state index in [9.17, 15) is 0 Å². The minimum Gasteiger partial charge on any atom is -0.379 e. The third-order valence-corrected chi connectivity index (χ3v) is 3.37. The maximum absolute atomic E-state index is 5.37. The van der Waals surface area contributed by atoms with Crippen LogP contribution in [0.5, 0.6) is 0 Å². The molecule has 2 rings (SSSR count). The van der Waals surface area contributed by atoms with E-state index >= 15 is 0 Å². The van der Waals surface area contributed by atoms with Gasteiger partial charge in [0.25, 0.3) is 0 Å². The summed E-state index contributed by atoms with van der Waals surface area (Å²) in [5, 5.41) is 0.586. The maximum atomic E-state index is 5.37. The largest absolute Gasteiger partial charge is 0.379 e. The molecule has 2 saturated heterocycles. The third-order valence-electron chi connectivity index (χ3n) is 2.31. The van der Waals surface area contributed by atoms with Gasteiger partial charge in [0.1, 0.15) is 0 Å². The van der Waals surface area contributed by atoms with Crippen LogP contribution in [0.2, 0.25) is 0 Å². The zero-order valence-electron chi connectivity index (χ0n) is 7.20. The van der Waals surface area contributed by atoms with Gasteiger partial charge in [-0.15, -0.1) is 0 Å². The van der Waals surface area contributed by atoms with E-state index in [1.165, 1.54) is 12.8 Å². The van der Waals surface area contributed by atoms with Crippen LogP contribution >= 0.6 is 12.0 Å². The van der Waals surface area contributed by atoms with Gasteiger partial charge in [0.15, 0.2) is 0 Å². The second kappa shape index (κ2) is 4.46. The molecule has 0 saturated carbocycles. The lowest BCUT2D eigenvalue weighted by atomic mass is 10.3. The van der Waals surface area contributed by atoms with Crippen LogP contribution in [0.15, 0.2) is 0 Å². The minimum absolute atomic E-state index is 0.586. The van der Waals surface area contributed by atoms with Gasteiger partial charge in [-0.3, -0.25) is 4.90 Å². The first-order valence-electron chi connectivity index (χ1n) is 4.57. The van der Waals surface area contributed by atoms with Gasteiger partial charge in [0, 0.05) is 25.1 Å². The number of ether oxygens (including phenoxy) is 1. The van der Waals surface area contributed by atoms with Gasteiger partial charge in [-0.1, -0.05) is 0 Å². The smallest absolute Gasteiger partial charge is 0.0825 e. The Balaban J connectivity index is 1.80. The lowest BCUT2D eigenvalue weighted by Crippen LogP contribution is -2.43. The first-order valence-corrected chi connectivity index (χ1v) is 5.37. The van der Waals surface area contributed by atoms with E-state index < -0.39 is 0 Å². The highest BCUT2D eigenvalue weighted by molar-refractivity contribution is 7.95. The van der Waals surface area contributed by atoms with Crippen molar-refractivity contribution in [3.63, 3.8) is 0 Å². The van der Waals surface area contributed by atoms with Gasteiger partial charge in [-0.25, -0.2) is 0 Å². The van der Waals surface area contributed by atoms with E-state index in [2.05, 4.69) is 4.90 Å². The summed E-state index contributed by atoms with van der Waals surface area (Å²) in [6.45, 7) is 4.84. The molecule has 3 nitrogen and oxygen atoms in total. The summed E-state index contributed by atoms with van der Waals surface area (Å²) in [4.78, 5) is 2.47. The standard InChI is InChI=1S/C8H15NO2S/c1-2-8(12-11-5-1)9-3-6-10-7-4-9/h8H,1-7H2. The molecule has 70 valence electrons. The highest BCUT2D eigenvalue weighted by atomic mass is 32.2. The predicted octanol–water partition coefficient (Wildman–Crippen LogP) is 1.10. The first kappa shape index (κ1) is 8.81. The summed E-state index contributed by atoms with van der Waals surface area (Å²) in [6.07, 6.45) is 2.47. The second-order valence-corrected chi connectivity index (χ2v) is 4.14. The Hall–Kier alpha value is 0.230. The Morgan fingerprint density at radius 1 is 1.17 bits per heavy atom. The second-order valence-electron chi connectivity index (χ2n) is 3.16. The third kappa shape index (κ3) is 2.13. The summed E-state index contributed by atoms with van der Waals surface area (Å²) in [5.74, 6) is 0. The fourth-order valence-corrected chi connectivity index (χ4v) is 2.57. The summed E-state index contributed by atoms with van der Waals surface area (Å²) < 4.78 is 10.7. The van der Waals surface area contributed by atoms with E-state index in [1.807, 2.05) is 0 Å². The normalized spacial score (nSPS) is 33.5. The van der Waals surface area contributed by atoms with Crippen LogP contribution in [0.1, 0.15) is 12.8 Å². The molecule has 2 aliphatic heterocycles. The molecule has 2 heterocycles. The van der Waals surface area contributed by atoms with Crippen molar-refractivity contribution in [3.8, 4) is 0 Å². The Labute approximate surface area is 77.6 Å². The van der Waals surface area contributed by atoms with Gasteiger partial charge in [0.2, 0.25) is 0 Å². The number of hydrogen-bond donors (Lipinski definition) is 0. The van der Waals surface area contributed by atoms with Crippen molar-refractivity contribution < 1.29 is 8.92 Å². The average Bonchev–Trinajstić information content (AvgIpc) is 2.21. The Morgan fingerprint density at radius 3 is 2.67 bits per heavy atom. The van der Waals surface area contributed by atoms with Crippen LogP contribution < -0.4 is 0 Å². The summed E-state index contributed by atoms with van der Waals surface area (Å²) in [5.41, 5.74) is 0. The van der Waals surface area contributed by atoms with E-state index in [0.717, 1.165) is 32.9 Å². The minimum atomic E-state index is 0.586. The number of nitrogens with zero attached hydrogens (tertiary/aromatic N) is 1. The van der Waals surface area contributed by atoms with Crippen LogP contribution in [0, 0.1) is 0 Å². The fraction of sp³-hybridized carbons (Fsp3) is 1.00. The number of morpholine rings is 1. The highest BCUT2D eigenvalue weighted by Crippen LogP contribution is 2.26. The SMILES string of the molecule is C1COSC(N2CCOCC2)C1. The summed E-state index contributed by atoms with van der Waals surface area (Å²) >= 11 is 1.64. The van der Waals surface area contributed by atoms with Gasteiger partial charge in [0.05, 0.1) is 25.2 Å². The molecular weight excluding hydrogens is 174 g/mol. The molecular formula is C8H15NO2S. The van der Waals surface area contributed by atoms with Crippen molar-refractivity contribution in [1.82, 2.24) is 4.90 Å². The lowest BCUT2D eigenvalue weighted by molar-refractivity contribution is 0.0275. The monoisotopic (exact) mass is 189 g/mol. The molecule has 4 heteroatoms. The molecule has 2 fully saturated rings. The molecule has 0 amide bonds. The molecule has 1 atom stereocenters. The maximum Gasteiger partial charge on any atom is 0.0825 e. The molecule has 0 aliphatic carbocycles. The van der Waals surface area contributed by atoms with Gasteiger partial charge >= 0.3 is 0 Å². The van der Waals surface area contributed by atoms with E-state index in [4.69, 9.17) is 8.92 Å². The van der Waals surface area contributed by atoms with E-state index in [0.29, 0.717) is 5.37 Å². The molecule has 0 aromatic carbocycles. The van der Waals surface area contributed by atoms with Crippen molar-refractivity contribution in [2.24, 2.45) is 0 Å². The van der Waals surface area contributed by atoms with Crippen molar-refractivity contribution in [2.45, 2.75) is 18.2 Å². The van der Waals surface area contributed by atoms with Crippen molar-refractivity contribution >= 4 is 12.0 Å². The first-order chi connectivity index (χ1) is 5.97. The zero-order chi connectivity index (χ0) is 8.23. The molecule has 12 heavy (non-hydrogen) atoms. The fourth-order valence-electron chi connectivity index (χ4n) is 1.60. The molecule has 0 aromatic rings. The summed E-state index contributed by atoms with van der Waals surface area (Å²) in [6, 6.07) is 0. The topological polar surface area (TPSA) is 21.7 Å². The Bertz CT molecular complexity index is 117. The quantitative estimate of drug-likeness (QED) is 0.576. The van der Waals surface area contributed by atoms with Crippen molar-refractivity contribution in [2.75, 3.05) is 32.9 Å². The van der Waals surface area contributed by atoms with E-state index in [-0.39, 0.29) is 0 Å². The number of rotatable bonds is 1. The number of hydrogen-bond acceptors (Lipinski definition) is 4. The van der Waals surface area contributed by atoms with Crippen LogP contribution in [-0.2, 0) is 8.92 Å². The summed E-state index contributed by atoms with van der Waals surface area (Å²) in [7, 11) is 0. The molecule has 0 bridgehead atoms. The van der Waals surface area contributed by atoms with Gasteiger partial charge in [-0.05, 0) is 12.8 Å². The van der Waals surface area contributed by atoms with Crippen molar-refractivity contribution in [1.29, 1.82) is 0 Å². The molecule has 0 N–H and O–H groups in total. The molecule has 0 radical (unpaired) electrons.